The summed E-state index contributed by atoms with van der Waals surface area (Å²) in [5.74, 6) is 5.67. The zero-order valence-corrected chi connectivity index (χ0v) is 10.0. The summed E-state index contributed by atoms with van der Waals surface area (Å²) < 4.78 is 1.91. The summed E-state index contributed by atoms with van der Waals surface area (Å²) in [4.78, 5) is 24.1. The van der Waals surface area contributed by atoms with Crippen LogP contribution in [0.2, 0.25) is 0 Å². The molecular weight excluding hydrogens is 234 g/mol. The number of benzene rings is 1. The standard InChI is InChI=1S/C12H13N3O3/c1-7-8(2)15(13)12(18)14(11(7)17)9-3-5-10(16)6-4-9/h3-6,16H,13H2,1-2H3. The number of nitrogens with two attached hydrogens (primary N) is 1. The first-order valence-electron chi connectivity index (χ1n) is 5.33. The fourth-order valence-electron chi connectivity index (χ4n) is 1.67. The van der Waals surface area contributed by atoms with Crippen molar-refractivity contribution in [2.45, 2.75) is 13.8 Å². The summed E-state index contributed by atoms with van der Waals surface area (Å²) in [6, 6.07) is 5.76. The molecule has 0 unspecified atom stereocenters. The first kappa shape index (κ1) is 12.0. The normalized spacial score (nSPS) is 10.6. The molecule has 0 aliphatic carbocycles. The zero-order chi connectivity index (χ0) is 13.4. The van der Waals surface area contributed by atoms with E-state index in [1.165, 1.54) is 24.3 Å². The van der Waals surface area contributed by atoms with E-state index in [4.69, 9.17) is 5.84 Å². The number of nitrogen functional groups attached to an aromatic ring is 1. The van der Waals surface area contributed by atoms with Crippen LogP contribution in [0.4, 0.5) is 0 Å². The minimum Gasteiger partial charge on any atom is -0.508 e. The predicted octanol–water partition coefficient (Wildman–Crippen LogP) is 0.0354. The third kappa shape index (κ3) is 1.67. The molecule has 0 atom stereocenters. The average Bonchev–Trinajstić information content (AvgIpc) is 2.36. The van der Waals surface area contributed by atoms with Crippen molar-refractivity contribution in [2.24, 2.45) is 0 Å². The van der Waals surface area contributed by atoms with Crippen molar-refractivity contribution in [3.05, 3.63) is 56.4 Å². The lowest BCUT2D eigenvalue weighted by atomic mass is 10.2. The van der Waals surface area contributed by atoms with Gasteiger partial charge in [-0.1, -0.05) is 0 Å². The van der Waals surface area contributed by atoms with Crippen LogP contribution in [0.25, 0.3) is 5.69 Å². The molecular formula is C12H13N3O3. The summed E-state index contributed by atoms with van der Waals surface area (Å²) >= 11 is 0. The van der Waals surface area contributed by atoms with E-state index in [9.17, 15) is 14.7 Å². The van der Waals surface area contributed by atoms with Crippen molar-refractivity contribution in [1.29, 1.82) is 0 Å². The summed E-state index contributed by atoms with van der Waals surface area (Å²) in [5.41, 5.74) is 0.175. The van der Waals surface area contributed by atoms with Gasteiger partial charge in [-0.3, -0.25) is 4.79 Å². The third-order valence-electron chi connectivity index (χ3n) is 2.93. The number of aromatic nitrogens is 2. The van der Waals surface area contributed by atoms with Crippen molar-refractivity contribution in [1.82, 2.24) is 9.24 Å². The highest BCUT2D eigenvalue weighted by Gasteiger charge is 2.12. The van der Waals surface area contributed by atoms with Gasteiger partial charge in [0, 0.05) is 5.56 Å². The summed E-state index contributed by atoms with van der Waals surface area (Å²) in [7, 11) is 0. The van der Waals surface area contributed by atoms with Crippen molar-refractivity contribution in [3.8, 4) is 11.4 Å². The molecule has 1 heterocycles. The maximum Gasteiger partial charge on any atom is 0.354 e. The number of hydrogen-bond acceptors (Lipinski definition) is 4. The van der Waals surface area contributed by atoms with E-state index in [1.807, 2.05) is 0 Å². The van der Waals surface area contributed by atoms with E-state index in [0.29, 0.717) is 16.9 Å². The summed E-state index contributed by atoms with van der Waals surface area (Å²) in [6.07, 6.45) is 0. The number of phenolic OH excluding ortho intramolecular Hbond substituents is 1. The van der Waals surface area contributed by atoms with Crippen molar-refractivity contribution in [3.63, 3.8) is 0 Å². The fraction of sp³-hybridized carbons (Fsp3) is 0.167. The van der Waals surface area contributed by atoms with Gasteiger partial charge in [0.15, 0.2) is 0 Å². The Kier molecular flexibility index (Phi) is 2.70. The van der Waals surface area contributed by atoms with E-state index < -0.39 is 11.2 Å². The van der Waals surface area contributed by atoms with Crippen LogP contribution in [0.1, 0.15) is 11.3 Å². The van der Waals surface area contributed by atoms with E-state index in [1.54, 1.807) is 13.8 Å². The Bertz CT molecular complexity index is 674. The lowest BCUT2D eigenvalue weighted by molar-refractivity contribution is 0.475. The van der Waals surface area contributed by atoms with Gasteiger partial charge < -0.3 is 10.9 Å². The predicted molar refractivity (Wildman–Crippen MR) is 67.6 cm³/mol. The van der Waals surface area contributed by atoms with Crippen LogP contribution in [0, 0.1) is 13.8 Å². The van der Waals surface area contributed by atoms with Gasteiger partial charge in [-0.15, -0.1) is 0 Å². The molecule has 18 heavy (non-hydrogen) atoms. The van der Waals surface area contributed by atoms with Crippen LogP contribution in [0.15, 0.2) is 33.9 Å². The summed E-state index contributed by atoms with van der Waals surface area (Å²) in [5, 5.41) is 9.20. The van der Waals surface area contributed by atoms with Gasteiger partial charge in [0.05, 0.1) is 11.4 Å². The molecule has 2 rings (SSSR count). The van der Waals surface area contributed by atoms with E-state index in [2.05, 4.69) is 0 Å². The van der Waals surface area contributed by atoms with Crippen LogP contribution in [0.5, 0.6) is 5.75 Å². The molecule has 1 aromatic carbocycles. The second-order valence-electron chi connectivity index (χ2n) is 4.02. The SMILES string of the molecule is Cc1c(C)n(N)c(=O)n(-c2ccc(O)cc2)c1=O. The molecule has 0 spiro atoms. The molecule has 0 saturated heterocycles. The van der Waals surface area contributed by atoms with Gasteiger partial charge in [-0.05, 0) is 38.1 Å². The van der Waals surface area contributed by atoms with Crippen LogP contribution < -0.4 is 17.1 Å². The Labute approximate surface area is 103 Å². The first-order chi connectivity index (χ1) is 8.43. The van der Waals surface area contributed by atoms with E-state index in [0.717, 1.165) is 9.24 Å². The number of aromatic hydroxyl groups is 1. The molecule has 0 fully saturated rings. The highest BCUT2D eigenvalue weighted by Crippen LogP contribution is 2.11. The van der Waals surface area contributed by atoms with Crippen LogP contribution >= 0.6 is 0 Å². The van der Waals surface area contributed by atoms with E-state index >= 15 is 0 Å². The first-order valence-corrected chi connectivity index (χ1v) is 5.33. The van der Waals surface area contributed by atoms with Crippen LogP contribution in [0.3, 0.4) is 0 Å². The maximum absolute atomic E-state index is 12.1. The molecule has 0 saturated carbocycles. The van der Waals surface area contributed by atoms with Crippen molar-refractivity contribution in [2.75, 3.05) is 5.84 Å². The zero-order valence-electron chi connectivity index (χ0n) is 10.0. The molecule has 2 aromatic rings. The van der Waals surface area contributed by atoms with Crippen molar-refractivity contribution >= 4 is 0 Å². The molecule has 0 bridgehead atoms. The number of phenols is 1. The van der Waals surface area contributed by atoms with Gasteiger partial charge in [0.1, 0.15) is 5.75 Å². The minimum absolute atomic E-state index is 0.0590. The Hall–Kier alpha value is -2.50. The third-order valence-corrected chi connectivity index (χ3v) is 2.93. The molecule has 0 aliphatic heterocycles. The molecule has 6 heteroatoms. The Morgan fingerprint density at radius 1 is 1.11 bits per heavy atom. The van der Waals surface area contributed by atoms with Gasteiger partial charge in [-0.2, -0.15) is 0 Å². The molecule has 1 aromatic heterocycles. The van der Waals surface area contributed by atoms with E-state index in [-0.39, 0.29) is 5.75 Å². The summed E-state index contributed by atoms with van der Waals surface area (Å²) in [6.45, 7) is 3.22. The number of rotatable bonds is 1. The average molecular weight is 247 g/mol. The second kappa shape index (κ2) is 4.06. The number of nitrogens with zero attached hydrogens (tertiary/aromatic N) is 2. The Morgan fingerprint density at radius 2 is 1.67 bits per heavy atom. The van der Waals surface area contributed by atoms with Crippen LogP contribution in [-0.4, -0.2) is 14.3 Å². The quantitative estimate of drug-likeness (QED) is 0.696. The smallest absolute Gasteiger partial charge is 0.354 e. The minimum atomic E-state index is -0.617. The molecule has 0 radical (unpaired) electrons. The fourth-order valence-corrected chi connectivity index (χ4v) is 1.67. The highest BCUT2D eigenvalue weighted by molar-refractivity contribution is 5.37. The van der Waals surface area contributed by atoms with Gasteiger partial charge in [-0.25, -0.2) is 14.0 Å². The van der Waals surface area contributed by atoms with Gasteiger partial charge >= 0.3 is 5.69 Å². The monoisotopic (exact) mass is 247 g/mol. The lowest BCUT2D eigenvalue weighted by Gasteiger charge is -2.11. The Balaban J connectivity index is 2.84. The van der Waals surface area contributed by atoms with Crippen molar-refractivity contribution < 1.29 is 5.11 Å². The maximum atomic E-state index is 12.1. The largest absolute Gasteiger partial charge is 0.508 e. The lowest BCUT2D eigenvalue weighted by Crippen LogP contribution is -2.44. The molecule has 0 amide bonds. The second-order valence-corrected chi connectivity index (χ2v) is 4.02. The van der Waals surface area contributed by atoms with Crippen LogP contribution in [-0.2, 0) is 0 Å². The molecule has 3 N–H and O–H groups in total. The highest BCUT2D eigenvalue weighted by atomic mass is 16.3. The Morgan fingerprint density at radius 3 is 2.22 bits per heavy atom. The molecule has 0 aliphatic rings. The van der Waals surface area contributed by atoms with Gasteiger partial charge in [0.2, 0.25) is 0 Å². The topological polar surface area (TPSA) is 90.2 Å². The number of hydrogen-bond donors (Lipinski definition) is 2. The molecule has 94 valence electrons. The molecule has 6 nitrogen and oxygen atoms in total. The van der Waals surface area contributed by atoms with Gasteiger partial charge in [0.25, 0.3) is 5.56 Å².